The minimum atomic E-state index is -0.372. The maximum Gasteiger partial charge on any atom is 0.148 e. The van der Waals surface area contributed by atoms with Gasteiger partial charge in [0.15, 0.2) is 0 Å². The van der Waals surface area contributed by atoms with Crippen LogP contribution in [0.25, 0.3) is 0 Å². The minimum absolute atomic E-state index is 0.333. The molecule has 12 heavy (non-hydrogen) atoms. The van der Waals surface area contributed by atoms with Gasteiger partial charge in [0.05, 0.1) is 6.54 Å². The van der Waals surface area contributed by atoms with Gasteiger partial charge in [0.1, 0.15) is 12.5 Å². The van der Waals surface area contributed by atoms with Gasteiger partial charge in [-0.25, -0.2) is 4.39 Å². The fourth-order valence-electron chi connectivity index (χ4n) is 0.946. The average Bonchev–Trinajstić information content (AvgIpc) is 2.36. The van der Waals surface area contributed by atoms with E-state index >= 15 is 0 Å². The molecule has 1 rings (SSSR count). The van der Waals surface area contributed by atoms with Gasteiger partial charge in [-0.3, -0.25) is 4.68 Å². The zero-order chi connectivity index (χ0) is 8.97. The third-order valence-electron chi connectivity index (χ3n) is 1.39. The van der Waals surface area contributed by atoms with Gasteiger partial charge in [-0.15, -0.1) is 0 Å². The molecule has 0 unspecified atom stereocenters. The van der Waals surface area contributed by atoms with Gasteiger partial charge < -0.3 is 5.32 Å². The smallest absolute Gasteiger partial charge is 0.148 e. The first-order chi connectivity index (χ1) is 5.72. The van der Waals surface area contributed by atoms with E-state index in [0.29, 0.717) is 12.6 Å². The molecule has 0 saturated heterocycles. The predicted molar refractivity (Wildman–Crippen MR) is 47.0 cm³/mol. The molecule has 0 aliphatic rings. The zero-order valence-corrected chi connectivity index (χ0v) is 7.42. The lowest BCUT2D eigenvalue weighted by atomic mass is 10.4. The van der Waals surface area contributed by atoms with Crippen molar-refractivity contribution in [1.82, 2.24) is 9.78 Å². The molecule has 0 amide bonds. The number of anilines is 1. The van der Waals surface area contributed by atoms with Crippen LogP contribution in [0.5, 0.6) is 0 Å². The van der Waals surface area contributed by atoms with Crippen LogP contribution in [0.4, 0.5) is 10.2 Å². The lowest BCUT2D eigenvalue weighted by molar-refractivity contribution is 0.427. The van der Waals surface area contributed by atoms with Crippen LogP contribution in [0.15, 0.2) is 12.3 Å². The Labute approximate surface area is 71.6 Å². The molecule has 3 nitrogen and oxygen atoms in total. The monoisotopic (exact) mass is 171 g/mol. The Balaban J connectivity index is 2.52. The zero-order valence-electron chi connectivity index (χ0n) is 7.42. The number of aromatic nitrogens is 2. The largest absolute Gasteiger partial charge is 0.366 e. The van der Waals surface area contributed by atoms with Gasteiger partial charge in [-0.2, -0.15) is 5.10 Å². The Morgan fingerprint density at radius 1 is 1.67 bits per heavy atom. The van der Waals surface area contributed by atoms with Crippen LogP contribution in [-0.2, 0) is 6.54 Å². The molecule has 0 aliphatic heterocycles. The second-order valence-corrected chi connectivity index (χ2v) is 2.95. The van der Waals surface area contributed by atoms with Crippen LogP contribution in [0.1, 0.15) is 13.8 Å². The van der Waals surface area contributed by atoms with E-state index < -0.39 is 0 Å². The number of alkyl halides is 1. The number of halogens is 1. The summed E-state index contributed by atoms with van der Waals surface area (Å²) >= 11 is 0. The van der Waals surface area contributed by atoms with E-state index in [9.17, 15) is 4.39 Å². The molecular weight excluding hydrogens is 157 g/mol. The lowest BCUT2D eigenvalue weighted by Crippen LogP contribution is -2.10. The van der Waals surface area contributed by atoms with E-state index in [2.05, 4.69) is 10.4 Å². The van der Waals surface area contributed by atoms with Crippen LogP contribution in [-0.4, -0.2) is 22.5 Å². The Morgan fingerprint density at radius 3 is 3.00 bits per heavy atom. The fraction of sp³-hybridized carbons (Fsp3) is 0.625. The van der Waals surface area contributed by atoms with Crippen molar-refractivity contribution in [2.75, 3.05) is 12.0 Å². The van der Waals surface area contributed by atoms with Crippen LogP contribution in [0, 0.1) is 0 Å². The summed E-state index contributed by atoms with van der Waals surface area (Å²) in [7, 11) is 0. The van der Waals surface area contributed by atoms with Crippen LogP contribution >= 0.6 is 0 Å². The molecule has 0 saturated carbocycles. The fourth-order valence-corrected chi connectivity index (χ4v) is 0.946. The molecule has 0 aliphatic carbocycles. The first-order valence-corrected chi connectivity index (χ1v) is 4.08. The molecule has 0 radical (unpaired) electrons. The summed E-state index contributed by atoms with van der Waals surface area (Å²) in [6.45, 7) is 4.03. The molecule has 68 valence electrons. The highest BCUT2D eigenvalue weighted by atomic mass is 19.1. The average molecular weight is 171 g/mol. The summed E-state index contributed by atoms with van der Waals surface area (Å²) in [6, 6.07) is 2.20. The summed E-state index contributed by atoms with van der Waals surface area (Å²) in [4.78, 5) is 0. The molecule has 0 bridgehead atoms. The van der Waals surface area contributed by atoms with Crippen molar-refractivity contribution >= 4 is 5.82 Å². The summed E-state index contributed by atoms with van der Waals surface area (Å²) in [5.41, 5.74) is 0. The van der Waals surface area contributed by atoms with Gasteiger partial charge in [0.2, 0.25) is 0 Å². The van der Waals surface area contributed by atoms with Crippen LogP contribution in [0.3, 0.4) is 0 Å². The lowest BCUT2D eigenvalue weighted by Gasteiger charge is -2.04. The van der Waals surface area contributed by atoms with Gasteiger partial charge in [-0.1, -0.05) is 0 Å². The Bertz CT molecular complexity index is 232. The summed E-state index contributed by atoms with van der Waals surface area (Å²) in [5, 5.41) is 7.23. The van der Waals surface area contributed by atoms with E-state index in [0.717, 1.165) is 5.82 Å². The van der Waals surface area contributed by atoms with Gasteiger partial charge in [0, 0.05) is 18.3 Å². The van der Waals surface area contributed by atoms with Crippen LogP contribution in [0.2, 0.25) is 0 Å². The molecule has 1 heterocycles. The topological polar surface area (TPSA) is 29.9 Å². The van der Waals surface area contributed by atoms with E-state index in [1.165, 1.54) is 0 Å². The van der Waals surface area contributed by atoms with Crippen molar-refractivity contribution in [3.05, 3.63) is 12.3 Å². The van der Waals surface area contributed by atoms with Gasteiger partial charge in [0.25, 0.3) is 0 Å². The first kappa shape index (κ1) is 9.03. The van der Waals surface area contributed by atoms with E-state index in [1.54, 1.807) is 10.9 Å². The Morgan fingerprint density at radius 2 is 2.42 bits per heavy atom. The second-order valence-electron chi connectivity index (χ2n) is 2.95. The number of hydrogen-bond acceptors (Lipinski definition) is 2. The van der Waals surface area contributed by atoms with E-state index in [1.807, 2.05) is 19.9 Å². The normalized spacial score (nSPS) is 10.7. The molecular formula is C8H14FN3. The molecule has 1 aromatic heterocycles. The standard InChI is InChI=1S/C8H14FN3/c1-7(2)10-8-3-5-12(11-8)6-4-9/h3,5,7H,4,6H2,1-2H3,(H,10,11). The van der Waals surface area contributed by atoms with Gasteiger partial charge >= 0.3 is 0 Å². The van der Waals surface area contributed by atoms with Crippen LogP contribution < -0.4 is 5.32 Å². The maximum absolute atomic E-state index is 11.9. The third kappa shape index (κ3) is 2.53. The van der Waals surface area contributed by atoms with Crippen molar-refractivity contribution < 1.29 is 4.39 Å². The number of hydrogen-bond donors (Lipinski definition) is 1. The van der Waals surface area contributed by atoms with Gasteiger partial charge in [-0.05, 0) is 13.8 Å². The Kier molecular flexibility index (Phi) is 3.08. The van der Waals surface area contributed by atoms with E-state index in [-0.39, 0.29) is 6.67 Å². The van der Waals surface area contributed by atoms with Crippen molar-refractivity contribution in [1.29, 1.82) is 0 Å². The highest BCUT2D eigenvalue weighted by molar-refractivity contribution is 5.32. The molecule has 0 aromatic carbocycles. The van der Waals surface area contributed by atoms with Crippen molar-refractivity contribution in [2.45, 2.75) is 26.4 Å². The molecule has 0 atom stereocenters. The quantitative estimate of drug-likeness (QED) is 0.746. The third-order valence-corrected chi connectivity index (χ3v) is 1.39. The number of nitrogens with zero attached hydrogens (tertiary/aromatic N) is 2. The predicted octanol–water partition coefficient (Wildman–Crippen LogP) is 1.67. The minimum Gasteiger partial charge on any atom is -0.366 e. The van der Waals surface area contributed by atoms with Crippen molar-refractivity contribution in [3.8, 4) is 0 Å². The highest BCUT2D eigenvalue weighted by Gasteiger charge is 1.98. The molecule has 1 N–H and O–H groups in total. The van der Waals surface area contributed by atoms with Crippen molar-refractivity contribution in [2.24, 2.45) is 0 Å². The molecule has 0 fully saturated rings. The summed E-state index contributed by atoms with van der Waals surface area (Å²) in [6.07, 6.45) is 1.77. The number of nitrogens with one attached hydrogen (secondary N) is 1. The molecule has 1 aromatic rings. The van der Waals surface area contributed by atoms with E-state index in [4.69, 9.17) is 0 Å². The summed E-state index contributed by atoms with van der Waals surface area (Å²) < 4.78 is 13.5. The first-order valence-electron chi connectivity index (χ1n) is 4.08. The SMILES string of the molecule is CC(C)Nc1ccn(CCF)n1. The molecule has 0 spiro atoms. The Hall–Kier alpha value is -1.06. The van der Waals surface area contributed by atoms with Crippen molar-refractivity contribution in [3.63, 3.8) is 0 Å². The number of aryl methyl sites for hydroxylation is 1. The highest BCUT2D eigenvalue weighted by Crippen LogP contribution is 2.03. The second kappa shape index (κ2) is 4.09. The maximum atomic E-state index is 11.9. The summed E-state index contributed by atoms with van der Waals surface area (Å²) in [5.74, 6) is 0.804. The molecule has 4 heteroatoms. The number of rotatable bonds is 4.